The SMILES string of the molecule is C[C@@H](O)c1ccc(NC(=O)c2ccc(Cl)c([N+](=O)[O-])c2)cc1. The van der Waals surface area contributed by atoms with Crippen LogP contribution in [-0.4, -0.2) is 15.9 Å². The summed E-state index contributed by atoms with van der Waals surface area (Å²) in [5.74, 6) is -0.482. The van der Waals surface area contributed by atoms with Crippen molar-refractivity contribution < 1.29 is 14.8 Å². The van der Waals surface area contributed by atoms with Crippen molar-refractivity contribution in [1.29, 1.82) is 0 Å². The summed E-state index contributed by atoms with van der Waals surface area (Å²) in [6.07, 6.45) is -0.594. The van der Waals surface area contributed by atoms with Gasteiger partial charge in [0, 0.05) is 17.3 Å². The smallest absolute Gasteiger partial charge is 0.288 e. The Morgan fingerprint density at radius 1 is 1.27 bits per heavy atom. The second-order valence-corrected chi connectivity index (χ2v) is 5.08. The molecule has 2 aromatic carbocycles. The highest BCUT2D eigenvalue weighted by Crippen LogP contribution is 2.25. The molecule has 0 fully saturated rings. The van der Waals surface area contributed by atoms with E-state index >= 15 is 0 Å². The topological polar surface area (TPSA) is 92.5 Å². The maximum Gasteiger partial charge on any atom is 0.288 e. The third kappa shape index (κ3) is 3.60. The average Bonchev–Trinajstić information content (AvgIpc) is 2.47. The summed E-state index contributed by atoms with van der Waals surface area (Å²) in [7, 11) is 0. The van der Waals surface area contributed by atoms with Crippen molar-refractivity contribution in [3.05, 3.63) is 68.7 Å². The molecule has 0 bridgehead atoms. The third-order valence-electron chi connectivity index (χ3n) is 3.06. The minimum atomic E-state index is -0.642. The van der Waals surface area contributed by atoms with Crippen LogP contribution in [0.3, 0.4) is 0 Å². The van der Waals surface area contributed by atoms with Crippen molar-refractivity contribution in [2.45, 2.75) is 13.0 Å². The van der Waals surface area contributed by atoms with Crippen LogP contribution in [0.25, 0.3) is 0 Å². The zero-order chi connectivity index (χ0) is 16.3. The summed E-state index contributed by atoms with van der Waals surface area (Å²) < 4.78 is 0. The number of amides is 1. The molecule has 0 aliphatic carbocycles. The number of anilines is 1. The molecule has 114 valence electrons. The second-order valence-electron chi connectivity index (χ2n) is 4.68. The number of carbonyl (C=O) groups excluding carboxylic acids is 1. The van der Waals surface area contributed by atoms with Crippen molar-refractivity contribution in [3.8, 4) is 0 Å². The van der Waals surface area contributed by atoms with E-state index in [-0.39, 0.29) is 16.3 Å². The fraction of sp³-hybridized carbons (Fsp3) is 0.133. The predicted molar refractivity (Wildman–Crippen MR) is 83.1 cm³/mol. The number of hydrogen-bond acceptors (Lipinski definition) is 4. The van der Waals surface area contributed by atoms with Crippen LogP contribution in [0.4, 0.5) is 11.4 Å². The molecular formula is C15H13ClN2O4. The first kappa shape index (κ1) is 15.9. The normalized spacial score (nSPS) is 11.8. The van der Waals surface area contributed by atoms with Crippen LogP contribution in [0.2, 0.25) is 5.02 Å². The van der Waals surface area contributed by atoms with E-state index in [4.69, 9.17) is 11.6 Å². The number of nitrogens with zero attached hydrogens (tertiary/aromatic N) is 1. The summed E-state index contributed by atoms with van der Waals surface area (Å²) >= 11 is 5.71. The van der Waals surface area contributed by atoms with E-state index in [1.54, 1.807) is 31.2 Å². The molecule has 2 rings (SSSR count). The lowest BCUT2D eigenvalue weighted by atomic mass is 10.1. The van der Waals surface area contributed by atoms with Crippen LogP contribution in [0.5, 0.6) is 0 Å². The summed E-state index contributed by atoms with van der Waals surface area (Å²) in [6, 6.07) is 10.5. The highest BCUT2D eigenvalue weighted by Gasteiger charge is 2.16. The molecule has 2 N–H and O–H groups in total. The van der Waals surface area contributed by atoms with Crippen LogP contribution in [0.15, 0.2) is 42.5 Å². The maximum atomic E-state index is 12.1. The number of halogens is 1. The average molecular weight is 321 g/mol. The molecule has 0 saturated carbocycles. The molecule has 1 atom stereocenters. The van der Waals surface area contributed by atoms with Crippen LogP contribution in [-0.2, 0) is 0 Å². The number of aliphatic hydroxyl groups is 1. The molecule has 0 aliphatic heterocycles. The van der Waals surface area contributed by atoms with Crippen LogP contribution >= 0.6 is 11.6 Å². The molecular weight excluding hydrogens is 308 g/mol. The number of nitro groups is 1. The van der Waals surface area contributed by atoms with Gasteiger partial charge in [-0.3, -0.25) is 14.9 Å². The molecule has 0 radical (unpaired) electrons. The summed E-state index contributed by atoms with van der Waals surface area (Å²) in [5, 5.41) is 22.8. The molecule has 0 spiro atoms. The number of aliphatic hydroxyl groups excluding tert-OH is 1. The quantitative estimate of drug-likeness (QED) is 0.665. The highest BCUT2D eigenvalue weighted by atomic mass is 35.5. The number of nitro benzene ring substituents is 1. The molecule has 0 aliphatic rings. The first-order chi connectivity index (χ1) is 10.4. The number of rotatable bonds is 4. The Kier molecular flexibility index (Phi) is 4.75. The number of nitrogens with one attached hydrogen (secondary N) is 1. The Balaban J connectivity index is 2.18. The lowest BCUT2D eigenvalue weighted by molar-refractivity contribution is -0.384. The zero-order valence-corrected chi connectivity index (χ0v) is 12.4. The molecule has 0 heterocycles. The van der Waals surface area contributed by atoms with Gasteiger partial charge in [-0.1, -0.05) is 23.7 Å². The van der Waals surface area contributed by atoms with Gasteiger partial charge in [-0.15, -0.1) is 0 Å². The largest absolute Gasteiger partial charge is 0.389 e. The Morgan fingerprint density at radius 3 is 2.45 bits per heavy atom. The van der Waals surface area contributed by atoms with Gasteiger partial charge in [0.2, 0.25) is 0 Å². The minimum absolute atomic E-state index is 0.0252. The van der Waals surface area contributed by atoms with Gasteiger partial charge in [0.25, 0.3) is 11.6 Å². The second kappa shape index (κ2) is 6.55. The van der Waals surface area contributed by atoms with E-state index in [0.29, 0.717) is 5.69 Å². The third-order valence-corrected chi connectivity index (χ3v) is 3.38. The predicted octanol–water partition coefficient (Wildman–Crippen LogP) is 3.55. The lowest BCUT2D eigenvalue weighted by Crippen LogP contribution is -2.12. The Morgan fingerprint density at radius 2 is 1.91 bits per heavy atom. The van der Waals surface area contributed by atoms with Gasteiger partial charge in [0.15, 0.2) is 0 Å². The summed E-state index contributed by atoms with van der Waals surface area (Å²) in [4.78, 5) is 22.3. The van der Waals surface area contributed by atoms with Gasteiger partial charge >= 0.3 is 0 Å². The number of carbonyl (C=O) groups is 1. The number of benzene rings is 2. The van der Waals surface area contributed by atoms with E-state index in [1.165, 1.54) is 12.1 Å². The van der Waals surface area contributed by atoms with Crippen LogP contribution in [0.1, 0.15) is 28.9 Å². The van der Waals surface area contributed by atoms with Crippen molar-refractivity contribution in [1.82, 2.24) is 0 Å². The molecule has 2 aromatic rings. The molecule has 1 amide bonds. The van der Waals surface area contributed by atoms with E-state index in [1.807, 2.05) is 0 Å². The monoisotopic (exact) mass is 320 g/mol. The molecule has 0 aromatic heterocycles. The first-order valence-corrected chi connectivity index (χ1v) is 6.79. The maximum absolute atomic E-state index is 12.1. The molecule has 7 heteroatoms. The Labute approximate surface area is 131 Å². The van der Waals surface area contributed by atoms with E-state index < -0.39 is 16.9 Å². The van der Waals surface area contributed by atoms with Crippen molar-refractivity contribution in [2.75, 3.05) is 5.32 Å². The van der Waals surface area contributed by atoms with Crippen LogP contribution in [0, 0.1) is 10.1 Å². The zero-order valence-electron chi connectivity index (χ0n) is 11.6. The lowest BCUT2D eigenvalue weighted by Gasteiger charge is -2.08. The van der Waals surface area contributed by atoms with Crippen molar-refractivity contribution in [3.63, 3.8) is 0 Å². The van der Waals surface area contributed by atoms with Crippen molar-refractivity contribution in [2.24, 2.45) is 0 Å². The first-order valence-electron chi connectivity index (χ1n) is 6.42. The van der Waals surface area contributed by atoms with Gasteiger partial charge in [-0.05, 0) is 36.8 Å². The Bertz CT molecular complexity index is 714. The number of hydrogen-bond donors (Lipinski definition) is 2. The standard InChI is InChI=1S/C15H13ClN2O4/c1-9(19)10-2-5-12(6-3-10)17-15(20)11-4-7-13(16)14(8-11)18(21)22/h2-9,19H,1H3,(H,17,20)/t9-/m1/s1. The molecule has 22 heavy (non-hydrogen) atoms. The molecule has 0 saturated heterocycles. The summed E-state index contributed by atoms with van der Waals surface area (Å²) in [6.45, 7) is 1.64. The van der Waals surface area contributed by atoms with Gasteiger partial charge < -0.3 is 10.4 Å². The van der Waals surface area contributed by atoms with Gasteiger partial charge in [0.05, 0.1) is 11.0 Å². The fourth-order valence-electron chi connectivity index (χ4n) is 1.84. The van der Waals surface area contributed by atoms with E-state index in [2.05, 4.69) is 5.32 Å². The fourth-order valence-corrected chi connectivity index (χ4v) is 2.03. The minimum Gasteiger partial charge on any atom is -0.389 e. The molecule has 0 unspecified atom stereocenters. The van der Waals surface area contributed by atoms with E-state index in [0.717, 1.165) is 11.6 Å². The van der Waals surface area contributed by atoms with Gasteiger partial charge in [-0.2, -0.15) is 0 Å². The van der Waals surface area contributed by atoms with Crippen molar-refractivity contribution >= 4 is 28.9 Å². The van der Waals surface area contributed by atoms with Crippen LogP contribution < -0.4 is 5.32 Å². The Hall–Kier alpha value is -2.44. The van der Waals surface area contributed by atoms with E-state index in [9.17, 15) is 20.0 Å². The highest BCUT2D eigenvalue weighted by molar-refractivity contribution is 6.32. The molecule has 6 nitrogen and oxygen atoms in total. The van der Waals surface area contributed by atoms with Gasteiger partial charge in [0.1, 0.15) is 5.02 Å². The van der Waals surface area contributed by atoms with Gasteiger partial charge in [-0.25, -0.2) is 0 Å². The summed E-state index contributed by atoms with van der Waals surface area (Å²) in [5.41, 5.74) is 1.06.